The zero-order valence-corrected chi connectivity index (χ0v) is 15.2. The van der Waals surface area contributed by atoms with Crippen LogP contribution in [0.25, 0.3) is 0 Å². The number of pyridine rings is 1. The van der Waals surface area contributed by atoms with E-state index in [4.69, 9.17) is 0 Å². The van der Waals surface area contributed by atoms with Crippen LogP contribution in [0.4, 0.5) is 23.7 Å². The van der Waals surface area contributed by atoms with E-state index in [-0.39, 0.29) is 11.6 Å². The Kier molecular flexibility index (Phi) is 5.53. The quantitative estimate of drug-likeness (QED) is 0.852. The number of amides is 3. The lowest BCUT2D eigenvalue weighted by atomic mass is 10.1. The van der Waals surface area contributed by atoms with Gasteiger partial charge in [-0.15, -0.1) is 0 Å². The number of nitrogens with one attached hydrogen (secondary N) is 1. The molecule has 0 spiro atoms. The van der Waals surface area contributed by atoms with Crippen molar-refractivity contribution >= 4 is 17.6 Å². The number of carbonyl (C=O) groups is 2. The second-order valence-electron chi connectivity index (χ2n) is 6.47. The summed E-state index contributed by atoms with van der Waals surface area (Å²) in [5, 5.41) is 2.54. The number of hydrogen-bond acceptors (Lipinski definition) is 3. The molecule has 3 amide bonds. The fraction of sp³-hybridized carbons (Fsp3) is 0.316. The topological polar surface area (TPSA) is 65.5 Å². The highest BCUT2D eigenvalue weighted by atomic mass is 19.4. The molecule has 1 N–H and O–H groups in total. The molecule has 1 saturated heterocycles. The van der Waals surface area contributed by atoms with Crippen LogP contribution in [0.1, 0.15) is 21.5 Å². The number of alkyl halides is 3. The molecule has 0 bridgehead atoms. The van der Waals surface area contributed by atoms with Crippen molar-refractivity contribution in [1.29, 1.82) is 0 Å². The van der Waals surface area contributed by atoms with Crippen molar-refractivity contribution in [3.63, 3.8) is 0 Å². The van der Waals surface area contributed by atoms with E-state index in [1.54, 1.807) is 24.0 Å². The van der Waals surface area contributed by atoms with E-state index in [0.29, 0.717) is 37.3 Å². The Balaban J connectivity index is 1.61. The zero-order valence-electron chi connectivity index (χ0n) is 15.2. The number of rotatable bonds is 2. The molecular formula is C19H19F3N4O2. The zero-order chi connectivity index (χ0) is 20.3. The molecule has 0 unspecified atom stereocenters. The number of carbonyl (C=O) groups excluding carboxylic acids is 2. The van der Waals surface area contributed by atoms with Gasteiger partial charge in [-0.1, -0.05) is 6.07 Å². The van der Waals surface area contributed by atoms with Crippen LogP contribution in [0.15, 0.2) is 42.7 Å². The van der Waals surface area contributed by atoms with Crippen LogP contribution in [0.5, 0.6) is 0 Å². The number of nitrogens with zero attached hydrogens (tertiary/aromatic N) is 3. The summed E-state index contributed by atoms with van der Waals surface area (Å²) in [6.45, 7) is 2.90. The molecule has 0 radical (unpaired) electrons. The van der Waals surface area contributed by atoms with Gasteiger partial charge >= 0.3 is 12.2 Å². The first-order valence-electron chi connectivity index (χ1n) is 8.69. The van der Waals surface area contributed by atoms with E-state index >= 15 is 0 Å². The van der Waals surface area contributed by atoms with Gasteiger partial charge in [0.1, 0.15) is 0 Å². The van der Waals surface area contributed by atoms with Crippen LogP contribution in [0.2, 0.25) is 0 Å². The second kappa shape index (κ2) is 7.87. The van der Waals surface area contributed by atoms with E-state index < -0.39 is 17.8 Å². The standard InChI is InChI=1S/C19H19F3N4O2/c1-13-2-3-15(19(20,21)22)12-16(13)24-18(28)26-10-8-25(9-11-26)17(27)14-4-6-23-7-5-14/h2-7,12H,8-11H2,1H3,(H,24,28). The molecule has 9 heteroatoms. The Morgan fingerprint density at radius 1 is 1.00 bits per heavy atom. The Morgan fingerprint density at radius 3 is 2.21 bits per heavy atom. The van der Waals surface area contributed by atoms with Crippen LogP contribution in [-0.4, -0.2) is 52.9 Å². The number of aromatic nitrogens is 1. The summed E-state index contributed by atoms with van der Waals surface area (Å²) in [5.41, 5.74) is 0.358. The number of hydrogen-bond donors (Lipinski definition) is 1. The van der Waals surface area contributed by atoms with E-state index in [2.05, 4.69) is 10.3 Å². The van der Waals surface area contributed by atoms with Crippen molar-refractivity contribution in [2.24, 2.45) is 0 Å². The molecule has 1 aromatic carbocycles. The van der Waals surface area contributed by atoms with Gasteiger partial charge < -0.3 is 15.1 Å². The first kappa shape index (κ1) is 19.7. The number of benzene rings is 1. The van der Waals surface area contributed by atoms with Crippen molar-refractivity contribution in [2.75, 3.05) is 31.5 Å². The number of aryl methyl sites for hydroxylation is 1. The Bertz CT molecular complexity index is 863. The van der Waals surface area contributed by atoms with Gasteiger partial charge in [0, 0.05) is 49.8 Å². The van der Waals surface area contributed by atoms with Gasteiger partial charge in [-0.05, 0) is 36.8 Å². The van der Waals surface area contributed by atoms with Crippen LogP contribution in [-0.2, 0) is 6.18 Å². The summed E-state index contributed by atoms with van der Waals surface area (Å²) in [5.74, 6) is -0.142. The minimum atomic E-state index is -4.48. The lowest BCUT2D eigenvalue weighted by Crippen LogP contribution is -2.51. The lowest BCUT2D eigenvalue weighted by Gasteiger charge is -2.34. The first-order chi connectivity index (χ1) is 13.3. The van der Waals surface area contributed by atoms with Gasteiger partial charge in [0.05, 0.1) is 5.56 Å². The van der Waals surface area contributed by atoms with Crippen LogP contribution in [0, 0.1) is 6.92 Å². The number of piperazine rings is 1. The number of urea groups is 1. The molecule has 1 fully saturated rings. The summed E-state index contributed by atoms with van der Waals surface area (Å²) < 4.78 is 38.7. The van der Waals surface area contributed by atoms with Gasteiger partial charge in [0.15, 0.2) is 0 Å². The molecule has 6 nitrogen and oxygen atoms in total. The third-order valence-corrected chi connectivity index (χ3v) is 4.59. The van der Waals surface area contributed by atoms with E-state index in [0.717, 1.165) is 12.1 Å². The minimum absolute atomic E-state index is 0.120. The highest BCUT2D eigenvalue weighted by molar-refractivity contribution is 5.94. The number of anilines is 1. The van der Waals surface area contributed by atoms with Crippen LogP contribution in [0.3, 0.4) is 0 Å². The van der Waals surface area contributed by atoms with Crippen LogP contribution >= 0.6 is 0 Å². The van der Waals surface area contributed by atoms with Crippen molar-refractivity contribution in [2.45, 2.75) is 13.1 Å². The van der Waals surface area contributed by atoms with Crippen molar-refractivity contribution in [1.82, 2.24) is 14.8 Å². The van der Waals surface area contributed by atoms with Gasteiger partial charge in [0.2, 0.25) is 0 Å². The smallest absolute Gasteiger partial charge is 0.335 e. The highest BCUT2D eigenvalue weighted by Gasteiger charge is 2.31. The Morgan fingerprint density at radius 2 is 1.61 bits per heavy atom. The van der Waals surface area contributed by atoms with Crippen LogP contribution < -0.4 is 5.32 Å². The van der Waals surface area contributed by atoms with Gasteiger partial charge in [-0.2, -0.15) is 13.2 Å². The SMILES string of the molecule is Cc1ccc(C(F)(F)F)cc1NC(=O)N1CCN(C(=O)c2ccncc2)CC1. The largest absolute Gasteiger partial charge is 0.416 e. The third kappa shape index (κ3) is 4.41. The predicted molar refractivity (Wildman–Crippen MR) is 96.9 cm³/mol. The molecule has 3 rings (SSSR count). The first-order valence-corrected chi connectivity index (χ1v) is 8.69. The van der Waals surface area contributed by atoms with E-state index in [9.17, 15) is 22.8 Å². The number of halogens is 3. The summed E-state index contributed by atoms with van der Waals surface area (Å²) in [6, 6.07) is 5.99. The molecule has 0 saturated carbocycles. The molecular weight excluding hydrogens is 373 g/mol. The molecule has 1 aliphatic rings. The Hall–Kier alpha value is -3.10. The normalized spacial score (nSPS) is 14.7. The minimum Gasteiger partial charge on any atom is -0.335 e. The predicted octanol–water partition coefficient (Wildman–Crippen LogP) is 3.40. The summed E-state index contributed by atoms with van der Waals surface area (Å²) in [4.78, 5) is 31.9. The average Bonchev–Trinajstić information content (AvgIpc) is 2.69. The van der Waals surface area contributed by atoms with Crippen molar-refractivity contribution in [3.05, 3.63) is 59.4 Å². The molecule has 28 heavy (non-hydrogen) atoms. The fourth-order valence-electron chi connectivity index (χ4n) is 2.92. The summed E-state index contributed by atoms with van der Waals surface area (Å²) in [7, 11) is 0. The van der Waals surface area contributed by atoms with Crippen molar-refractivity contribution in [3.8, 4) is 0 Å². The van der Waals surface area contributed by atoms with E-state index in [1.807, 2.05) is 0 Å². The third-order valence-electron chi connectivity index (χ3n) is 4.59. The van der Waals surface area contributed by atoms with E-state index in [1.165, 1.54) is 23.4 Å². The fourth-order valence-corrected chi connectivity index (χ4v) is 2.92. The molecule has 1 aromatic heterocycles. The molecule has 0 atom stereocenters. The lowest BCUT2D eigenvalue weighted by molar-refractivity contribution is -0.137. The molecule has 148 valence electrons. The molecule has 2 heterocycles. The summed E-state index contributed by atoms with van der Waals surface area (Å²) in [6.07, 6.45) is -1.41. The van der Waals surface area contributed by atoms with Gasteiger partial charge in [0.25, 0.3) is 5.91 Å². The summed E-state index contributed by atoms with van der Waals surface area (Å²) >= 11 is 0. The molecule has 0 aliphatic carbocycles. The average molecular weight is 392 g/mol. The highest BCUT2D eigenvalue weighted by Crippen LogP contribution is 2.32. The molecule has 2 aromatic rings. The monoisotopic (exact) mass is 392 g/mol. The van der Waals surface area contributed by atoms with Crippen molar-refractivity contribution < 1.29 is 22.8 Å². The van der Waals surface area contributed by atoms with Gasteiger partial charge in [-0.3, -0.25) is 9.78 Å². The maximum atomic E-state index is 12.9. The molecule has 1 aliphatic heterocycles. The second-order valence-corrected chi connectivity index (χ2v) is 6.47. The Labute approximate surface area is 160 Å². The van der Waals surface area contributed by atoms with Gasteiger partial charge in [-0.25, -0.2) is 4.79 Å². The maximum absolute atomic E-state index is 12.9. The maximum Gasteiger partial charge on any atom is 0.416 e.